The van der Waals surface area contributed by atoms with Gasteiger partial charge in [-0.2, -0.15) is 0 Å². The maximum Gasteiger partial charge on any atom is 0.119 e. The largest absolute Gasteiger partial charge is 0.497 e. The van der Waals surface area contributed by atoms with E-state index in [0.29, 0.717) is 0 Å². The number of rotatable bonds is 4. The summed E-state index contributed by atoms with van der Waals surface area (Å²) in [4.78, 5) is 4.49. The number of allylic oxidation sites excluding steroid dienone is 1. The zero-order valence-electron chi connectivity index (χ0n) is 10.9. The van der Waals surface area contributed by atoms with Crippen molar-refractivity contribution in [3.63, 3.8) is 0 Å². The molecule has 92 valence electrons. The van der Waals surface area contributed by atoms with Gasteiger partial charge in [0.2, 0.25) is 0 Å². The van der Waals surface area contributed by atoms with Crippen molar-refractivity contribution in [2.75, 3.05) is 39.2 Å². The molecule has 0 N–H and O–H groups in total. The molecular weight excluding hydrogens is 212 g/mol. The molecule has 0 spiro atoms. The third-order valence-electron chi connectivity index (χ3n) is 3.12. The molecule has 0 saturated heterocycles. The first-order chi connectivity index (χ1) is 8.11. The highest BCUT2D eigenvalue weighted by atomic mass is 16.5. The lowest BCUT2D eigenvalue weighted by Gasteiger charge is -2.22. The van der Waals surface area contributed by atoms with E-state index in [1.165, 1.54) is 16.9 Å². The summed E-state index contributed by atoms with van der Waals surface area (Å²) in [6, 6.07) is 6.25. The number of nitrogens with zero attached hydrogens (tertiary/aromatic N) is 2. The van der Waals surface area contributed by atoms with Crippen LogP contribution in [0.5, 0.6) is 5.75 Å². The van der Waals surface area contributed by atoms with Crippen LogP contribution in [0.25, 0.3) is 0 Å². The lowest BCUT2D eigenvalue weighted by Crippen LogP contribution is -2.28. The molecule has 0 aliphatic carbocycles. The van der Waals surface area contributed by atoms with Crippen LogP contribution < -0.4 is 9.64 Å². The van der Waals surface area contributed by atoms with Gasteiger partial charge in [-0.1, -0.05) is 6.58 Å². The molecule has 3 nitrogen and oxygen atoms in total. The van der Waals surface area contributed by atoms with Crippen LogP contribution in [0.2, 0.25) is 0 Å². The number of hydrogen-bond acceptors (Lipinski definition) is 3. The summed E-state index contributed by atoms with van der Waals surface area (Å²) in [6.45, 7) is 6.17. The van der Waals surface area contributed by atoms with Gasteiger partial charge in [0.15, 0.2) is 0 Å². The van der Waals surface area contributed by atoms with E-state index in [2.05, 4.69) is 42.6 Å². The predicted octanol–water partition coefficient (Wildman–Crippen LogP) is 2.13. The average molecular weight is 232 g/mol. The van der Waals surface area contributed by atoms with E-state index < -0.39 is 0 Å². The highest BCUT2D eigenvalue weighted by Gasteiger charge is 2.22. The van der Waals surface area contributed by atoms with E-state index in [4.69, 9.17) is 4.74 Å². The molecule has 2 rings (SSSR count). The van der Waals surface area contributed by atoms with Crippen LogP contribution in [0.1, 0.15) is 5.56 Å². The summed E-state index contributed by atoms with van der Waals surface area (Å²) in [6.07, 6.45) is 0.931. The number of anilines is 1. The van der Waals surface area contributed by atoms with Crippen molar-refractivity contribution < 1.29 is 4.74 Å². The minimum Gasteiger partial charge on any atom is -0.497 e. The van der Waals surface area contributed by atoms with Crippen molar-refractivity contribution in [1.82, 2.24) is 4.90 Å². The minimum atomic E-state index is 0.922. The van der Waals surface area contributed by atoms with Crippen molar-refractivity contribution in [3.05, 3.63) is 36.0 Å². The zero-order chi connectivity index (χ0) is 12.4. The molecule has 1 heterocycles. The van der Waals surface area contributed by atoms with Crippen molar-refractivity contribution in [3.8, 4) is 5.75 Å². The lowest BCUT2D eigenvalue weighted by atomic mass is 10.1. The van der Waals surface area contributed by atoms with E-state index in [0.717, 1.165) is 25.3 Å². The number of ether oxygens (including phenoxy) is 1. The van der Waals surface area contributed by atoms with Gasteiger partial charge < -0.3 is 14.5 Å². The maximum absolute atomic E-state index is 5.25. The molecule has 3 heteroatoms. The summed E-state index contributed by atoms with van der Waals surface area (Å²) in [7, 11) is 5.89. The Morgan fingerprint density at radius 1 is 1.41 bits per heavy atom. The summed E-state index contributed by atoms with van der Waals surface area (Å²) < 4.78 is 5.25. The van der Waals surface area contributed by atoms with Gasteiger partial charge >= 0.3 is 0 Å². The molecule has 0 atom stereocenters. The molecule has 0 fully saturated rings. The third kappa shape index (κ3) is 2.44. The Labute approximate surface area is 103 Å². The second kappa shape index (κ2) is 4.80. The second-order valence-electron chi connectivity index (χ2n) is 4.69. The van der Waals surface area contributed by atoms with E-state index in [1.54, 1.807) is 7.11 Å². The van der Waals surface area contributed by atoms with E-state index >= 15 is 0 Å². The SMILES string of the molecule is C=C1Cc2cc(OC)ccc2N1CCN(C)C. The summed E-state index contributed by atoms with van der Waals surface area (Å²) >= 11 is 0. The molecule has 0 bridgehead atoms. The monoisotopic (exact) mass is 232 g/mol. The Morgan fingerprint density at radius 3 is 2.82 bits per heavy atom. The van der Waals surface area contributed by atoms with Crippen LogP contribution in [0.15, 0.2) is 30.5 Å². The molecule has 0 unspecified atom stereocenters. The second-order valence-corrected chi connectivity index (χ2v) is 4.69. The molecule has 1 aromatic carbocycles. The van der Waals surface area contributed by atoms with Gasteiger partial charge in [0.1, 0.15) is 5.75 Å². The van der Waals surface area contributed by atoms with Crippen LogP contribution >= 0.6 is 0 Å². The van der Waals surface area contributed by atoms with Crippen molar-refractivity contribution in [2.45, 2.75) is 6.42 Å². The predicted molar refractivity (Wildman–Crippen MR) is 71.7 cm³/mol. The molecule has 17 heavy (non-hydrogen) atoms. The number of likely N-dealkylation sites (N-methyl/N-ethyl adjacent to an activating group) is 1. The number of methoxy groups -OCH3 is 1. The third-order valence-corrected chi connectivity index (χ3v) is 3.12. The van der Waals surface area contributed by atoms with Gasteiger partial charge in [0, 0.05) is 30.9 Å². The zero-order valence-corrected chi connectivity index (χ0v) is 10.9. The topological polar surface area (TPSA) is 15.7 Å². The van der Waals surface area contributed by atoms with Crippen LogP contribution in [-0.2, 0) is 6.42 Å². The highest BCUT2D eigenvalue weighted by molar-refractivity contribution is 5.66. The molecule has 0 aromatic heterocycles. The smallest absolute Gasteiger partial charge is 0.119 e. The molecule has 1 aliphatic heterocycles. The number of hydrogen-bond donors (Lipinski definition) is 0. The highest BCUT2D eigenvalue weighted by Crippen LogP contribution is 2.35. The Bertz CT molecular complexity index is 426. The molecule has 1 aliphatic rings. The Morgan fingerprint density at radius 2 is 2.18 bits per heavy atom. The molecule has 0 radical (unpaired) electrons. The minimum absolute atomic E-state index is 0.922. The maximum atomic E-state index is 5.25. The molecule has 0 saturated carbocycles. The van der Waals surface area contributed by atoms with E-state index in [1.807, 2.05) is 6.07 Å². The first kappa shape index (κ1) is 12.0. The Kier molecular flexibility index (Phi) is 3.38. The Balaban J connectivity index is 2.19. The number of fused-ring (bicyclic) bond motifs is 1. The van der Waals surface area contributed by atoms with Crippen LogP contribution in [-0.4, -0.2) is 39.2 Å². The van der Waals surface area contributed by atoms with Gasteiger partial charge in [-0.15, -0.1) is 0 Å². The van der Waals surface area contributed by atoms with Crippen molar-refractivity contribution >= 4 is 5.69 Å². The number of benzene rings is 1. The fraction of sp³-hybridized carbons (Fsp3) is 0.429. The van der Waals surface area contributed by atoms with Gasteiger partial charge in [0.05, 0.1) is 7.11 Å². The van der Waals surface area contributed by atoms with Crippen LogP contribution in [0, 0.1) is 0 Å². The van der Waals surface area contributed by atoms with Gasteiger partial charge in [0.25, 0.3) is 0 Å². The fourth-order valence-corrected chi connectivity index (χ4v) is 2.16. The van der Waals surface area contributed by atoms with Crippen molar-refractivity contribution in [2.24, 2.45) is 0 Å². The molecular formula is C14H20N2O. The summed E-state index contributed by atoms with van der Waals surface area (Å²) in [5, 5.41) is 0. The average Bonchev–Trinajstić information content (AvgIpc) is 2.60. The first-order valence-electron chi connectivity index (χ1n) is 5.89. The summed E-state index contributed by atoms with van der Waals surface area (Å²) in [5.41, 5.74) is 3.76. The van der Waals surface area contributed by atoms with Gasteiger partial charge in [-0.05, 0) is 37.9 Å². The lowest BCUT2D eigenvalue weighted by molar-refractivity contribution is 0.414. The molecule has 1 aromatic rings. The standard InChI is InChI=1S/C14H20N2O/c1-11-9-12-10-13(17-4)5-6-14(12)16(11)8-7-15(2)3/h5-6,10H,1,7-9H2,2-4H3. The van der Waals surface area contributed by atoms with Gasteiger partial charge in [-0.25, -0.2) is 0 Å². The van der Waals surface area contributed by atoms with Crippen LogP contribution in [0.4, 0.5) is 5.69 Å². The van der Waals surface area contributed by atoms with Gasteiger partial charge in [-0.3, -0.25) is 0 Å². The normalized spacial score (nSPS) is 14.4. The van der Waals surface area contributed by atoms with E-state index in [-0.39, 0.29) is 0 Å². The van der Waals surface area contributed by atoms with Crippen molar-refractivity contribution in [1.29, 1.82) is 0 Å². The first-order valence-corrected chi connectivity index (χ1v) is 5.89. The quantitative estimate of drug-likeness (QED) is 0.791. The van der Waals surface area contributed by atoms with E-state index in [9.17, 15) is 0 Å². The van der Waals surface area contributed by atoms with Crippen LogP contribution in [0.3, 0.4) is 0 Å². The Hall–Kier alpha value is -1.48. The summed E-state index contributed by atoms with van der Waals surface area (Å²) in [5.74, 6) is 0.922. The molecule has 0 amide bonds. The fourth-order valence-electron chi connectivity index (χ4n) is 2.16.